The van der Waals surface area contributed by atoms with Crippen LogP contribution in [0, 0.1) is 0 Å². The van der Waals surface area contributed by atoms with Crippen molar-refractivity contribution in [3.05, 3.63) is 30.5 Å². The molecule has 0 saturated carbocycles. The van der Waals surface area contributed by atoms with Crippen LogP contribution in [-0.2, 0) is 4.79 Å². The first kappa shape index (κ1) is 15.0. The van der Waals surface area contributed by atoms with Gasteiger partial charge in [0.25, 0.3) is 0 Å². The number of carbonyl (C=O) groups is 1. The maximum atomic E-state index is 10.6. The highest BCUT2D eigenvalue weighted by Crippen LogP contribution is 2.16. The predicted octanol–water partition coefficient (Wildman–Crippen LogP) is 3.25. The number of rotatable bonds is 1. The molecule has 0 aliphatic carbocycles. The number of benzene rings is 1. The quantitative estimate of drug-likeness (QED) is 0.868. The summed E-state index contributed by atoms with van der Waals surface area (Å²) < 4.78 is 33.8. The number of alkyl halides is 3. The number of aliphatic carboxylic acids is 1. The number of halogens is 3. The molecule has 0 spiro atoms. The van der Waals surface area contributed by atoms with E-state index in [1.807, 2.05) is 23.0 Å². The normalized spacial score (nSPS) is 11.3. The van der Waals surface area contributed by atoms with Gasteiger partial charge in [0, 0.05) is 11.4 Å². The number of nitrogens with zero attached hydrogens (tertiary/aromatic N) is 2. The lowest BCUT2D eigenvalue weighted by Gasteiger charge is -2.05. The Morgan fingerprint density at radius 3 is 2.32 bits per heavy atom. The van der Waals surface area contributed by atoms with Gasteiger partial charge in [0.05, 0.1) is 11.7 Å². The van der Waals surface area contributed by atoms with Crippen molar-refractivity contribution in [3.63, 3.8) is 0 Å². The Morgan fingerprint density at radius 2 is 1.84 bits per heavy atom. The van der Waals surface area contributed by atoms with Crippen molar-refractivity contribution >= 4 is 16.9 Å². The van der Waals surface area contributed by atoms with Gasteiger partial charge in [0.2, 0.25) is 0 Å². The standard InChI is InChI=1S/C10H12N2.C2HF3O2/c1-8(2)12-10-6-4-3-5-9(10)7-11-12;3-2(4,5)1(6)7/h3-8H,1-2H3;(H,6,7). The fourth-order valence-corrected chi connectivity index (χ4v) is 1.40. The smallest absolute Gasteiger partial charge is 0.475 e. The Kier molecular flexibility index (Phi) is 4.52. The lowest BCUT2D eigenvalue weighted by atomic mass is 10.2. The monoisotopic (exact) mass is 274 g/mol. The predicted molar refractivity (Wildman–Crippen MR) is 63.8 cm³/mol. The summed E-state index contributed by atoms with van der Waals surface area (Å²) in [7, 11) is 0. The number of aromatic nitrogens is 2. The minimum absolute atomic E-state index is 0.435. The van der Waals surface area contributed by atoms with Crippen molar-refractivity contribution in [1.29, 1.82) is 0 Å². The number of hydrogen-bond donors (Lipinski definition) is 1. The molecular formula is C12H13F3N2O2. The molecule has 1 aromatic carbocycles. The van der Waals surface area contributed by atoms with Crippen molar-refractivity contribution in [3.8, 4) is 0 Å². The van der Waals surface area contributed by atoms with E-state index in [1.165, 1.54) is 10.9 Å². The van der Waals surface area contributed by atoms with Crippen LogP contribution in [0.5, 0.6) is 0 Å². The molecule has 0 fully saturated rings. The summed E-state index contributed by atoms with van der Waals surface area (Å²) in [6.45, 7) is 4.28. The number of carboxylic acid groups (broad SMARTS) is 1. The highest BCUT2D eigenvalue weighted by molar-refractivity contribution is 5.78. The van der Waals surface area contributed by atoms with Crippen molar-refractivity contribution < 1.29 is 23.1 Å². The average molecular weight is 274 g/mol. The zero-order valence-corrected chi connectivity index (χ0v) is 10.3. The van der Waals surface area contributed by atoms with E-state index in [4.69, 9.17) is 9.90 Å². The van der Waals surface area contributed by atoms with Gasteiger partial charge < -0.3 is 5.11 Å². The number of para-hydroxylation sites is 1. The molecule has 0 aliphatic rings. The van der Waals surface area contributed by atoms with Gasteiger partial charge >= 0.3 is 12.1 Å². The third-order valence-electron chi connectivity index (χ3n) is 2.24. The van der Waals surface area contributed by atoms with Gasteiger partial charge in [0.15, 0.2) is 0 Å². The number of hydrogen-bond acceptors (Lipinski definition) is 2. The molecule has 0 unspecified atom stereocenters. The fourth-order valence-electron chi connectivity index (χ4n) is 1.40. The molecule has 0 bridgehead atoms. The van der Waals surface area contributed by atoms with Gasteiger partial charge in [-0.15, -0.1) is 0 Å². The maximum absolute atomic E-state index is 10.6. The van der Waals surface area contributed by atoms with Crippen LogP contribution in [0.25, 0.3) is 10.9 Å². The molecule has 2 aromatic rings. The molecular weight excluding hydrogens is 261 g/mol. The van der Waals surface area contributed by atoms with Crippen LogP contribution in [0.1, 0.15) is 19.9 Å². The van der Waals surface area contributed by atoms with E-state index in [-0.39, 0.29) is 0 Å². The molecule has 4 nitrogen and oxygen atoms in total. The summed E-state index contributed by atoms with van der Waals surface area (Å²) in [6, 6.07) is 8.70. The van der Waals surface area contributed by atoms with Crippen molar-refractivity contribution in [2.24, 2.45) is 0 Å². The Labute approximate surface area is 107 Å². The van der Waals surface area contributed by atoms with Crippen LogP contribution in [0.15, 0.2) is 30.5 Å². The van der Waals surface area contributed by atoms with Gasteiger partial charge in [-0.3, -0.25) is 4.68 Å². The van der Waals surface area contributed by atoms with E-state index < -0.39 is 12.1 Å². The molecule has 1 N–H and O–H groups in total. The highest BCUT2D eigenvalue weighted by atomic mass is 19.4. The Morgan fingerprint density at radius 1 is 1.32 bits per heavy atom. The maximum Gasteiger partial charge on any atom is 0.490 e. The molecule has 19 heavy (non-hydrogen) atoms. The Bertz CT molecular complexity index is 561. The summed E-state index contributed by atoms with van der Waals surface area (Å²) in [6.07, 6.45) is -3.17. The van der Waals surface area contributed by atoms with Gasteiger partial charge in [-0.05, 0) is 19.9 Å². The first-order valence-corrected chi connectivity index (χ1v) is 5.46. The molecule has 0 aliphatic heterocycles. The van der Waals surface area contributed by atoms with Crippen molar-refractivity contribution in [2.75, 3.05) is 0 Å². The van der Waals surface area contributed by atoms with E-state index in [9.17, 15) is 13.2 Å². The molecule has 0 atom stereocenters. The van der Waals surface area contributed by atoms with E-state index >= 15 is 0 Å². The average Bonchev–Trinajstić information content (AvgIpc) is 2.72. The number of fused-ring (bicyclic) bond motifs is 1. The Balaban J connectivity index is 0.000000224. The lowest BCUT2D eigenvalue weighted by Crippen LogP contribution is -2.21. The second-order valence-electron chi connectivity index (χ2n) is 4.04. The first-order valence-electron chi connectivity index (χ1n) is 5.46. The van der Waals surface area contributed by atoms with Crippen LogP contribution in [0.2, 0.25) is 0 Å². The van der Waals surface area contributed by atoms with E-state index in [0.717, 1.165) is 0 Å². The minimum atomic E-state index is -5.08. The van der Waals surface area contributed by atoms with E-state index in [1.54, 1.807) is 0 Å². The van der Waals surface area contributed by atoms with Crippen LogP contribution < -0.4 is 0 Å². The van der Waals surface area contributed by atoms with Crippen LogP contribution >= 0.6 is 0 Å². The fraction of sp³-hybridized carbons (Fsp3) is 0.333. The summed E-state index contributed by atoms with van der Waals surface area (Å²) in [5.41, 5.74) is 1.22. The molecule has 2 rings (SSSR count). The molecule has 0 amide bonds. The summed E-state index contributed by atoms with van der Waals surface area (Å²) >= 11 is 0. The summed E-state index contributed by atoms with van der Waals surface area (Å²) in [5.74, 6) is -2.76. The zero-order valence-electron chi connectivity index (χ0n) is 10.3. The molecule has 104 valence electrons. The molecule has 7 heteroatoms. The SMILES string of the molecule is CC(C)n1ncc2ccccc21.O=C(O)C(F)(F)F. The first-order chi connectivity index (χ1) is 8.73. The summed E-state index contributed by atoms with van der Waals surface area (Å²) in [4.78, 5) is 8.90. The largest absolute Gasteiger partial charge is 0.490 e. The van der Waals surface area contributed by atoms with Gasteiger partial charge in [-0.1, -0.05) is 18.2 Å². The second kappa shape index (κ2) is 5.73. The van der Waals surface area contributed by atoms with Gasteiger partial charge in [-0.2, -0.15) is 18.3 Å². The van der Waals surface area contributed by atoms with Gasteiger partial charge in [-0.25, -0.2) is 4.79 Å². The molecule has 1 heterocycles. The van der Waals surface area contributed by atoms with Crippen LogP contribution in [0.3, 0.4) is 0 Å². The molecule has 0 saturated heterocycles. The molecule has 1 aromatic heterocycles. The third kappa shape index (κ3) is 3.97. The third-order valence-corrected chi connectivity index (χ3v) is 2.24. The number of carboxylic acids is 1. The topological polar surface area (TPSA) is 55.1 Å². The lowest BCUT2D eigenvalue weighted by molar-refractivity contribution is -0.192. The van der Waals surface area contributed by atoms with E-state index in [2.05, 4.69) is 31.1 Å². The van der Waals surface area contributed by atoms with Crippen molar-refractivity contribution in [1.82, 2.24) is 9.78 Å². The minimum Gasteiger partial charge on any atom is -0.475 e. The zero-order chi connectivity index (χ0) is 14.6. The van der Waals surface area contributed by atoms with E-state index in [0.29, 0.717) is 6.04 Å². The Hall–Kier alpha value is -2.05. The summed E-state index contributed by atoms with van der Waals surface area (Å²) in [5, 5.41) is 12.7. The van der Waals surface area contributed by atoms with Crippen molar-refractivity contribution in [2.45, 2.75) is 26.1 Å². The second-order valence-corrected chi connectivity index (χ2v) is 4.04. The highest BCUT2D eigenvalue weighted by Gasteiger charge is 2.38. The van der Waals surface area contributed by atoms with Crippen LogP contribution in [-0.4, -0.2) is 27.0 Å². The van der Waals surface area contributed by atoms with Crippen LogP contribution in [0.4, 0.5) is 13.2 Å². The van der Waals surface area contributed by atoms with Gasteiger partial charge in [0.1, 0.15) is 0 Å². The molecule has 0 radical (unpaired) electrons.